The number of amides is 2. The molecule has 0 bridgehead atoms. The zero-order chi connectivity index (χ0) is 19.2. The van der Waals surface area contributed by atoms with Gasteiger partial charge < -0.3 is 10.6 Å². The molecule has 0 radical (unpaired) electrons. The molecule has 1 aliphatic carbocycles. The van der Waals surface area contributed by atoms with E-state index >= 15 is 0 Å². The predicted octanol–water partition coefficient (Wildman–Crippen LogP) is 3.21. The Labute approximate surface area is 160 Å². The van der Waals surface area contributed by atoms with E-state index in [1.165, 1.54) is 19.3 Å². The molecule has 2 amide bonds. The number of rotatable bonds is 7. The van der Waals surface area contributed by atoms with Crippen LogP contribution in [0.1, 0.15) is 66.2 Å². The molecule has 3 rings (SSSR count). The standard InChI is InChI=1S/C21H28N4O2/c1-16-19(14-23-25(16)18-10-6-3-7-11-18)21(27)24(13-12-20(22)26)15-17-8-4-2-5-9-17/h2,4-5,8-9,14,18H,3,6-7,10-13,15H2,1H3,(H2,22,26). The molecule has 2 N–H and O–H groups in total. The van der Waals surface area contributed by atoms with Gasteiger partial charge in [0.1, 0.15) is 0 Å². The van der Waals surface area contributed by atoms with Gasteiger partial charge >= 0.3 is 0 Å². The molecule has 0 spiro atoms. The summed E-state index contributed by atoms with van der Waals surface area (Å²) < 4.78 is 2.02. The summed E-state index contributed by atoms with van der Waals surface area (Å²) in [6.45, 7) is 2.71. The first-order valence-electron chi connectivity index (χ1n) is 9.72. The van der Waals surface area contributed by atoms with Crippen molar-refractivity contribution in [1.29, 1.82) is 0 Å². The Morgan fingerprint density at radius 2 is 1.89 bits per heavy atom. The maximum absolute atomic E-state index is 13.2. The van der Waals surface area contributed by atoms with E-state index < -0.39 is 5.91 Å². The number of benzene rings is 1. The highest BCUT2D eigenvalue weighted by Crippen LogP contribution is 2.29. The lowest BCUT2D eigenvalue weighted by Gasteiger charge is -2.24. The third-order valence-electron chi connectivity index (χ3n) is 5.33. The van der Waals surface area contributed by atoms with Crippen LogP contribution in [0.15, 0.2) is 36.5 Å². The summed E-state index contributed by atoms with van der Waals surface area (Å²) in [5, 5.41) is 4.52. The first kappa shape index (κ1) is 19.1. The maximum atomic E-state index is 13.2. The molecule has 1 aromatic carbocycles. The molecular weight excluding hydrogens is 340 g/mol. The highest BCUT2D eigenvalue weighted by Gasteiger charge is 2.24. The molecule has 27 heavy (non-hydrogen) atoms. The number of nitrogens with two attached hydrogens (primary N) is 1. The first-order chi connectivity index (χ1) is 13.1. The molecule has 2 aromatic rings. The van der Waals surface area contributed by atoms with E-state index in [4.69, 9.17) is 5.73 Å². The van der Waals surface area contributed by atoms with Crippen LogP contribution in [-0.2, 0) is 11.3 Å². The molecule has 1 fully saturated rings. The van der Waals surface area contributed by atoms with Gasteiger partial charge in [-0.2, -0.15) is 5.10 Å². The summed E-state index contributed by atoms with van der Waals surface area (Å²) in [6, 6.07) is 10.2. The Balaban J connectivity index is 1.80. The van der Waals surface area contributed by atoms with E-state index in [1.807, 2.05) is 41.9 Å². The number of carbonyl (C=O) groups excluding carboxylic acids is 2. The van der Waals surface area contributed by atoms with Crippen LogP contribution >= 0.6 is 0 Å². The fourth-order valence-electron chi connectivity index (χ4n) is 3.80. The van der Waals surface area contributed by atoms with Gasteiger partial charge in [0.2, 0.25) is 5.91 Å². The van der Waals surface area contributed by atoms with Crippen LogP contribution in [0.5, 0.6) is 0 Å². The van der Waals surface area contributed by atoms with Crippen molar-refractivity contribution in [2.45, 2.75) is 58.0 Å². The van der Waals surface area contributed by atoms with Crippen LogP contribution in [0.4, 0.5) is 0 Å². The number of primary amides is 1. The largest absolute Gasteiger partial charge is 0.370 e. The van der Waals surface area contributed by atoms with Gasteiger partial charge in [-0.25, -0.2) is 0 Å². The molecule has 0 unspecified atom stereocenters. The van der Waals surface area contributed by atoms with Gasteiger partial charge in [-0.1, -0.05) is 49.6 Å². The summed E-state index contributed by atoms with van der Waals surface area (Å²) >= 11 is 0. The number of nitrogens with zero attached hydrogens (tertiary/aromatic N) is 3. The second-order valence-corrected chi connectivity index (χ2v) is 7.31. The highest BCUT2D eigenvalue weighted by atomic mass is 16.2. The molecule has 1 saturated carbocycles. The van der Waals surface area contributed by atoms with Crippen molar-refractivity contribution >= 4 is 11.8 Å². The molecule has 1 heterocycles. The minimum atomic E-state index is -0.407. The van der Waals surface area contributed by atoms with E-state index in [9.17, 15) is 9.59 Å². The quantitative estimate of drug-likeness (QED) is 0.815. The number of aromatic nitrogens is 2. The molecular formula is C21H28N4O2. The van der Waals surface area contributed by atoms with Gasteiger partial charge in [0, 0.05) is 25.2 Å². The van der Waals surface area contributed by atoms with E-state index in [0.717, 1.165) is 24.1 Å². The topological polar surface area (TPSA) is 81.2 Å². The van der Waals surface area contributed by atoms with Crippen LogP contribution in [0.2, 0.25) is 0 Å². The number of hydrogen-bond donors (Lipinski definition) is 1. The zero-order valence-corrected chi connectivity index (χ0v) is 15.9. The molecule has 1 aromatic heterocycles. The predicted molar refractivity (Wildman–Crippen MR) is 104 cm³/mol. The Morgan fingerprint density at radius 3 is 2.56 bits per heavy atom. The van der Waals surface area contributed by atoms with E-state index in [-0.39, 0.29) is 12.3 Å². The van der Waals surface area contributed by atoms with Crippen molar-refractivity contribution in [2.24, 2.45) is 5.73 Å². The van der Waals surface area contributed by atoms with Gasteiger partial charge in [0.05, 0.1) is 17.8 Å². The van der Waals surface area contributed by atoms with Gasteiger partial charge in [0.25, 0.3) is 5.91 Å². The summed E-state index contributed by atoms with van der Waals surface area (Å²) in [7, 11) is 0. The lowest BCUT2D eigenvalue weighted by Crippen LogP contribution is -2.34. The summed E-state index contributed by atoms with van der Waals surface area (Å²) in [5.74, 6) is -0.504. The Bertz CT molecular complexity index is 779. The first-order valence-corrected chi connectivity index (χ1v) is 9.72. The monoisotopic (exact) mass is 368 g/mol. The Morgan fingerprint density at radius 1 is 1.19 bits per heavy atom. The fraction of sp³-hybridized carbons (Fsp3) is 0.476. The van der Waals surface area contributed by atoms with Crippen LogP contribution < -0.4 is 5.73 Å². The number of hydrogen-bond acceptors (Lipinski definition) is 3. The van der Waals surface area contributed by atoms with Crippen molar-refractivity contribution < 1.29 is 9.59 Å². The Kier molecular flexibility index (Phi) is 6.27. The Hall–Kier alpha value is -2.63. The van der Waals surface area contributed by atoms with E-state index in [1.54, 1.807) is 11.1 Å². The molecule has 0 atom stereocenters. The summed E-state index contributed by atoms with van der Waals surface area (Å²) in [6.07, 6.45) is 7.76. The third kappa shape index (κ3) is 4.76. The lowest BCUT2D eigenvalue weighted by atomic mass is 9.95. The molecule has 1 aliphatic rings. The normalized spacial score (nSPS) is 14.9. The number of carbonyl (C=O) groups is 2. The van der Waals surface area contributed by atoms with Crippen LogP contribution in [0, 0.1) is 6.92 Å². The minimum Gasteiger partial charge on any atom is -0.370 e. The van der Waals surface area contributed by atoms with Crippen molar-refractivity contribution in [3.8, 4) is 0 Å². The zero-order valence-electron chi connectivity index (χ0n) is 15.9. The van der Waals surface area contributed by atoms with Gasteiger partial charge in [-0.05, 0) is 25.3 Å². The van der Waals surface area contributed by atoms with Crippen molar-refractivity contribution in [3.63, 3.8) is 0 Å². The summed E-state index contributed by atoms with van der Waals surface area (Å²) in [5.41, 5.74) is 7.85. The van der Waals surface area contributed by atoms with Crippen LogP contribution in [0.25, 0.3) is 0 Å². The summed E-state index contributed by atoms with van der Waals surface area (Å²) in [4.78, 5) is 26.1. The van der Waals surface area contributed by atoms with Gasteiger partial charge in [-0.3, -0.25) is 14.3 Å². The third-order valence-corrected chi connectivity index (χ3v) is 5.33. The minimum absolute atomic E-state index is 0.0975. The fourth-order valence-corrected chi connectivity index (χ4v) is 3.80. The molecule has 0 aliphatic heterocycles. The van der Waals surface area contributed by atoms with Crippen molar-refractivity contribution in [1.82, 2.24) is 14.7 Å². The highest BCUT2D eigenvalue weighted by molar-refractivity contribution is 5.95. The van der Waals surface area contributed by atoms with Crippen LogP contribution in [-0.4, -0.2) is 33.0 Å². The smallest absolute Gasteiger partial charge is 0.257 e. The van der Waals surface area contributed by atoms with Crippen molar-refractivity contribution in [2.75, 3.05) is 6.54 Å². The van der Waals surface area contributed by atoms with Gasteiger partial charge in [-0.15, -0.1) is 0 Å². The average Bonchev–Trinajstić information content (AvgIpc) is 3.07. The molecule has 144 valence electrons. The van der Waals surface area contributed by atoms with Crippen LogP contribution in [0.3, 0.4) is 0 Å². The maximum Gasteiger partial charge on any atom is 0.257 e. The SMILES string of the molecule is Cc1c(C(=O)N(CCC(N)=O)Cc2ccccc2)cnn1C1CCCCC1. The second-order valence-electron chi connectivity index (χ2n) is 7.31. The van der Waals surface area contributed by atoms with Crippen molar-refractivity contribution in [3.05, 3.63) is 53.3 Å². The van der Waals surface area contributed by atoms with E-state index in [0.29, 0.717) is 24.7 Å². The molecule has 0 saturated heterocycles. The molecule has 6 heteroatoms. The average molecular weight is 368 g/mol. The second kappa shape index (κ2) is 8.84. The van der Waals surface area contributed by atoms with Gasteiger partial charge in [0.15, 0.2) is 0 Å². The molecule has 6 nitrogen and oxygen atoms in total. The van der Waals surface area contributed by atoms with E-state index in [2.05, 4.69) is 5.10 Å². The lowest BCUT2D eigenvalue weighted by molar-refractivity contribution is -0.118.